The SMILES string of the molecule is Cc1cccc(C(CN)CNC(C)C)c1. The Labute approximate surface area is 92.9 Å². The van der Waals surface area contributed by atoms with Gasteiger partial charge in [0.25, 0.3) is 0 Å². The molecular formula is C13H22N2. The summed E-state index contributed by atoms with van der Waals surface area (Å²) < 4.78 is 0. The predicted molar refractivity (Wildman–Crippen MR) is 66.1 cm³/mol. The van der Waals surface area contributed by atoms with E-state index in [4.69, 9.17) is 5.73 Å². The van der Waals surface area contributed by atoms with Crippen LogP contribution in [0.4, 0.5) is 0 Å². The van der Waals surface area contributed by atoms with Crippen molar-refractivity contribution in [3.05, 3.63) is 35.4 Å². The standard InChI is InChI=1S/C13H22N2/c1-10(2)15-9-13(8-14)12-6-4-5-11(3)7-12/h4-7,10,13,15H,8-9,14H2,1-3H3. The lowest BCUT2D eigenvalue weighted by molar-refractivity contribution is 0.533. The molecule has 0 amide bonds. The zero-order chi connectivity index (χ0) is 11.3. The van der Waals surface area contributed by atoms with E-state index in [1.54, 1.807) is 0 Å². The summed E-state index contributed by atoms with van der Waals surface area (Å²) in [5, 5.41) is 3.43. The van der Waals surface area contributed by atoms with E-state index in [1.165, 1.54) is 11.1 Å². The maximum atomic E-state index is 5.80. The highest BCUT2D eigenvalue weighted by Crippen LogP contribution is 2.15. The molecule has 0 aliphatic carbocycles. The number of hydrogen-bond acceptors (Lipinski definition) is 2. The second kappa shape index (κ2) is 5.89. The molecule has 0 aliphatic rings. The smallest absolute Gasteiger partial charge is 0.00865 e. The minimum Gasteiger partial charge on any atom is -0.330 e. The van der Waals surface area contributed by atoms with Crippen LogP contribution >= 0.6 is 0 Å². The molecule has 0 aromatic heterocycles. The van der Waals surface area contributed by atoms with Crippen molar-refractivity contribution in [1.82, 2.24) is 5.32 Å². The average molecular weight is 206 g/mol. The van der Waals surface area contributed by atoms with Crippen LogP contribution in [0.15, 0.2) is 24.3 Å². The van der Waals surface area contributed by atoms with Crippen LogP contribution in [0.5, 0.6) is 0 Å². The first-order chi connectivity index (χ1) is 7.13. The normalized spacial score (nSPS) is 13.1. The Morgan fingerprint density at radius 2 is 2.07 bits per heavy atom. The minimum absolute atomic E-state index is 0.423. The molecule has 2 heteroatoms. The summed E-state index contributed by atoms with van der Waals surface area (Å²) in [5.74, 6) is 0.423. The lowest BCUT2D eigenvalue weighted by Gasteiger charge is -2.18. The van der Waals surface area contributed by atoms with Crippen LogP contribution in [0.25, 0.3) is 0 Å². The molecule has 84 valence electrons. The van der Waals surface area contributed by atoms with Gasteiger partial charge in [-0.15, -0.1) is 0 Å². The highest BCUT2D eigenvalue weighted by Gasteiger charge is 2.09. The van der Waals surface area contributed by atoms with Gasteiger partial charge in [-0.25, -0.2) is 0 Å². The lowest BCUT2D eigenvalue weighted by Crippen LogP contribution is -2.31. The summed E-state index contributed by atoms with van der Waals surface area (Å²) in [6.07, 6.45) is 0. The average Bonchev–Trinajstić information content (AvgIpc) is 2.18. The van der Waals surface area contributed by atoms with Crippen molar-refractivity contribution in [3.8, 4) is 0 Å². The highest BCUT2D eigenvalue weighted by molar-refractivity contribution is 5.26. The lowest BCUT2D eigenvalue weighted by atomic mass is 9.97. The molecule has 1 rings (SSSR count). The summed E-state index contributed by atoms with van der Waals surface area (Å²) in [7, 11) is 0. The molecule has 2 nitrogen and oxygen atoms in total. The monoisotopic (exact) mass is 206 g/mol. The number of rotatable bonds is 5. The van der Waals surface area contributed by atoms with Gasteiger partial charge in [-0.3, -0.25) is 0 Å². The van der Waals surface area contributed by atoms with Crippen LogP contribution in [0, 0.1) is 6.92 Å². The van der Waals surface area contributed by atoms with Crippen LogP contribution in [-0.4, -0.2) is 19.1 Å². The molecule has 0 saturated heterocycles. The number of hydrogen-bond donors (Lipinski definition) is 2. The zero-order valence-corrected chi connectivity index (χ0v) is 9.96. The Morgan fingerprint density at radius 1 is 1.33 bits per heavy atom. The van der Waals surface area contributed by atoms with E-state index < -0.39 is 0 Å². The van der Waals surface area contributed by atoms with Crippen LogP contribution in [0.1, 0.15) is 30.9 Å². The third-order valence-electron chi connectivity index (χ3n) is 2.57. The molecule has 1 aromatic carbocycles. The summed E-state index contributed by atoms with van der Waals surface area (Å²) in [6.45, 7) is 8.08. The van der Waals surface area contributed by atoms with E-state index in [0.717, 1.165) is 6.54 Å². The zero-order valence-electron chi connectivity index (χ0n) is 9.96. The van der Waals surface area contributed by atoms with E-state index >= 15 is 0 Å². The quantitative estimate of drug-likeness (QED) is 0.773. The summed E-state index contributed by atoms with van der Waals surface area (Å²) in [5.41, 5.74) is 8.44. The molecule has 0 spiro atoms. The molecule has 3 N–H and O–H groups in total. The fraction of sp³-hybridized carbons (Fsp3) is 0.538. The molecule has 1 aromatic rings. The summed E-state index contributed by atoms with van der Waals surface area (Å²) >= 11 is 0. The van der Waals surface area contributed by atoms with Gasteiger partial charge in [0.2, 0.25) is 0 Å². The van der Waals surface area contributed by atoms with Crippen LogP contribution in [0.2, 0.25) is 0 Å². The van der Waals surface area contributed by atoms with Gasteiger partial charge in [-0.2, -0.15) is 0 Å². The first-order valence-electron chi connectivity index (χ1n) is 5.63. The Morgan fingerprint density at radius 3 is 2.60 bits per heavy atom. The van der Waals surface area contributed by atoms with Crippen molar-refractivity contribution in [1.29, 1.82) is 0 Å². The number of nitrogens with one attached hydrogen (secondary N) is 1. The van der Waals surface area contributed by atoms with E-state index in [0.29, 0.717) is 18.5 Å². The number of aryl methyl sites for hydroxylation is 1. The summed E-state index contributed by atoms with van der Waals surface area (Å²) in [6, 6.07) is 9.12. The predicted octanol–water partition coefficient (Wildman–Crippen LogP) is 2.04. The molecule has 0 radical (unpaired) electrons. The second-order valence-corrected chi connectivity index (χ2v) is 4.41. The van der Waals surface area contributed by atoms with E-state index in [9.17, 15) is 0 Å². The minimum atomic E-state index is 0.423. The Balaban J connectivity index is 2.65. The molecule has 1 unspecified atom stereocenters. The van der Waals surface area contributed by atoms with E-state index in [-0.39, 0.29) is 0 Å². The molecule has 0 fully saturated rings. The second-order valence-electron chi connectivity index (χ2n) is 4.41. The Kier molecular flexibility index (Phi) is 4.79. The highest BCUT2D eigenvalue weighted by atomic mass is 14.9. The van der Waals surface area contributed by atoms with Gasteiger partial charge in [0.1, 0.15) is 0 Å². The van der Waals surface area contributed by atoms with Crippen molar-refractivity contribution >= 4 is 0 Å². The van der Waals surface area contributed by atoms with Gasteiger partial charge in [0, 0.05) is 25.0 Å². The molecule has 0 saturated carbocycles. The first-order valence-corrected chi connectivity index (χ1v) is 5.63. The largest absolute Gasteiger partial charge is 0.330 e. The Bertz CT molecular complexity index is 294. The van der Waals surface area contributed by atoms with Gasteiger partial charge in [-0.05, 0) is 12.5 Å². The molecule has 15 heavy (non-hydrogen) atoms. The third kappa shape index (κ3) is 4.02. The fourth-order valence-corrected chi connectivity index (χ4v) is 1.64. The summed E-state index contributed by atoms with van der Waals surface area (Å²) in [4.78, 5) is 0. The van der Waals surface area contributed by atoms with Crippen LogP contribution in [-0.2, 0) is 0 Å². The van der Waals surface area contributed by atoms with Crippen molar-refractivity contribution in [2.24, 2.45) is 5.73 Å². The van der Waals surface area contributed by atoms with Gasteiger partial charge < -0.3 is 11.1 Å². The van der Waals surface area contributed by atoms with Gasteiger partial charge in [-0.1, -0.05) is 43.7 Å². The molecule has 0 bridgehead atoms. The third-order valence-corrected chi connectivity index (χ3v) is 2.57. The molecule has 0 heterocycles. The maximum Gasteiger partial charge on any atom is 0.00865 e. The van der Waals surface area contributed by atoms with Gasteiger partial charge >= 0.3 is 0 Å². The maximum absolute atomic E-state index is 5.80. The number of nitrogens with two attached hydrogens (primary N) is 1. The molecular weight excluding hydrogens is 184 g/mol. The van der Waals surface area contributed by atoms with Gasteiger partial charge in [0.05, 0.1) is 0 Å². The molecule has 1 atom stereocenters. The van der Waals surface area contributed by atoms with Crippen LogP contribution in [0.3, 0.4) is 0 Å². The van der Waals surface area contributed by atoms with Crippen molar-refractivity contribution < 1.29 is 0 Å². The van der Waals surface area contributed by atoms with Crippen molar-refractivity contribution in [2.75, 3.05) is 13.1 Å². The molecule has 0 aliphatic heterocycles. The van der Waals surface area contributed by atoms with Crippen molar-refractivity contribution in [2.45, 2.75) is 32.7 Å². The van der Waals surface area contributed by atoms with E-state index in [2.05, 4.69) is 50.4 Å². The van der Waals surface area contributed by atoms with E-state index in [1.807, 2.05) is 0 Å². The number of benzene rings is 1. The topological polar surface area (TPSA) is 38.0 Å². The van der Waals surface area contributed by atoms with Crippen LogP contribution < -0.4 is 11.1 Å². The fourth-order valence-electron chi connectivity index (χ4n) is 1.64. The van der Waals surface area contributed by atoms with Gasteiger partial charge in [0.15, 0.2) is 0 Å². The Hall–Kier alpha value is -0.860. The first kappa shape index (κ1) is 12.2. The van der Waals surface area contributed by atoms with Crippen molar-refractivity contribution in [3.63, 3.8) is 0 Å².